The number of hydrogen-bond donors (Lipinski definition) is 1. The van der Waals surface area contributed by atoms with Gasteiger partial charge in [0.1, 0.15) is 6.04 Å². The van der Waals surface area contributed by atoms with Crippen molar-refractivity contribution in [3.63, 3.8) is 0 Å². The Morgan fingerprint density at radius 2 is 2.07 bits per heavy atom. The van der Waals surface area contributed by atoms with Crippen molar-refractivity contribution in [3.05, 3.63) is 34.7 Å². The van der Waals surface area contributed by atoms with Crippen LogP contribution < -0.4 is 4.90 Å². The average molecular weight is 436 g/mol. The molecule has 1 aromatic heterocycles. The quantitative estimate of drug-likeness (QED) is 0.773. The number of thiazole rings is 1. The summed E-state index contributed by atoms with van der Waals surface area (Å²) < 4.78 is 0. The first-order valence-electron chi connectivity index (χ1n) is 9.34. The number of anilines is 1. The van der Waals surface area contributed by atoms with E-state index in [1.54, 1.807) is 19.9 Å². The summed E-state index contributed by atoms with van der Waals surface area (Å²) in [6.07, 6.45) is 0.289. The molecule has 1 aliphatic heterocycles. The maximum atomic E-state index is 13.3. The molecule has 2 aromatic rings. The van der Waals surface area contributed by atoms with Gasteiger partial charge in [0.05, 0.1) is 12.1 Å². The summed E-state index contributed by atoms with van der Waals surface area (Å²) in [4.78, 5) is 44.8. The topological polar surface area (TPSA) is 90.8 Å². The van der Waals surface area contributed by atoms with Crippen molar-refractivity contribution in [3.8, 4) is 11.3 Å². The fraction of sp³-hybridized carbons (Fsp3) is 0.400. The first-order chi connectivity index (χ1) is 13.8. The van der Waals surface area contributed by atoms with Crippen LogP contribution in [0.1, 0.15) is 33.1 Å². The summed E-state index contributed by atoms with van der Waals surface area (Å²) in [5.41, 5.74) is 1.41. The smallest absolute Gasteiger partial charge is 0.305 e. The van der Waals surface area contributed by atoms with Crippen LogP contribution >= 0.6 is 22.9 Å². The van der Waals surface area contributed by atoms with E-state index in [0.29, 0.717) is 28.8 Å². The number of halogens is 1. The maximum absolute atomic E-state index is 13.3. The molecule has 7 nitrogen and oxygen atoms in total. The Morgan fingerprint density at radius 1 is 1.34 bits per heavy atom. The molecular weight excluding hydrogens is 414 g/mol. The van der Waals surface area contributed by atoms with Crippen LogP contribution in [0.5, 0.6) is 0 Å². The van der Waals surface area contributed by atoms with E-state index >= 15 is 0 Å². The molecule has 1 aliphatic rings. The van der Waals surface area contributed by atoms with Crippen LogP contribution in [0.2, 0.25) is 5.02 Å². The van der Waals surface area contributed by atoms with Gasteiger partial charge in [-0.15, -0.1) is 11.3 Å². The standard InChI is InChI=1S/C20H22ClN3O4S/c1-12(2)24-16(10-18(26)27)19(28)23(9-5-8-17(24)25)20-22-15(11-29-20)13-6-3-4-7-14(13)21/h3-4,6-7,11-12,16H,5,8-10H2,1-2H3,(H,26,27)/t16-/m1/s1. The molecule has 0 saturated carbocycles. The highest BCUT2D eigenvalue weighted by atomic mass is 35.5. The van der Waals surface area contributed by atoms with E-state index in [0.717, 1.165) is 5.56 Å². The van der Waals surface area contributed by atoms with E-state index in [-0.39, 0.29) is 18.4 Å². The first kappa shape index (κ1) is 21.3. The molecule has 1 fully saturated rings. The molecule has 0 unspecified atom stereocenters. The number of carboxylic acid groups (broad SMARTS) is 1. The minimum absolute atomic E-state index is 0.199. The lowest BCUT2D eigenvalue weighted by Crippen LogP contribution is -2.56. The third kappa shape index (κ3) is 4.59. The molecule has 9 heteroatoms. The zero-order valence-electron chi connectivity index (χ0n) is 16.2. The van der Waals surface area contributed by atoms with Gasteiger partial charge in [0, 0.05) is 35.0 Å². The average Bonchev–Trinajstić information content (AvgIpc) is 3.12. The van der Waals surface area contributed by atoms with Crippen LogP contribution in [-0.4, -0.2) is 51.4 Å². The Bertz CT molecular complexity index is 930. The number of benzene rings is 1. The van der Waals surface area contributed by atoms with E-state index < -0.39 is 24.3 Å². The van der Waals surface area contributed by atoms with Gasteiger partial charge in [-0.05, 0) is 26.3 Å². The highest BCUT2D eigenvalue weighted by Gasteiger charge is 2.38. The SMILES string of the molecule is CC(C)N1C(=O)CCCN(c2nc(-c3ccccc3Cl)cs2)C(=O)[C@H]1CC(=O)O. The molecule has 2 heterocycles. The van der Waals surface area contributed by atoms with E-state index in [2.05, 4.69) is 4.98 Å². The lowest BCUT2D eigenvalue weighted by Gasteiger charge is -2.38. The zero-order chi connectivity index (χ0) is 21.1. The lowest BCUT2D eigenvalue weighted by molar-refractivity contribution is -0.148. The van der Waals surface area contributed by atoms with Gasteiger partial charge in [-0.1, -0.05) is 29.8 Å². The monoisotopic (exact) mass is 435 g/mol. The van der Waals surface area contributed by atoms with Crippen LogP contribution in [-0.2, 0) is 14.4 Å². The van der Waals surface area contributed by atoms with Gasteiger partial charge in [-0.25, -0.2) is 4.98 Å². The Balaban J connectivity index is 1.96. The fourth-order valence-electron chi connectivity index (χ4n) is 3.47. The first-order valence-corrected chi connectivity index (χ1v) is 10.6. The third-order valence-electron chi connectivity index (χ3n) is 4.74. The van der Waals surface area contributed by atoms with Crippen LogP contribution in [0.15, 0.2) is 29.6 Å². The second kappa shape index (κ2) is 8.92. The van der Waals surface area contributed by atoms with E-state index in [9.17, 15) is 19.5 Å². The third-order valence-corrected chi connectivity index (χ3v) is 5.94. The molecule has 0 spiro atoms. The van der Waals surface area contributed by atoms with Gasteiger partial charge in [-0.3, -0.25) is 19.3 Å². The van der Waals surface area contributed by atoms with Gasteiger partial charge < -0.3 is 10.0 Å². The summed E-state index contributed by atoms with van der Waals surface area (Å²) in [5.74, 6) is -1.75. The molecule has 0 aliphatic carbocycles. The fourth-order valence-corrected chi connectivity index (χ4v) is 4.56. The van der Waals surface area contributed by atoms with E-state index in [1.165, 1.54) is 21.1 Å². The summed E-state index contributed by atoms with van der Waals surface area (Å²) in [6.45, 7) is 3.87. The molecule has 1 saturated heterocycles. The number of amides is 2. The Morgan fingerprint density at radius 3 is 2.72 bits per heavy atom. The number of carbonyl (C=O) groups is 3. The van der Waals surface area contributed by atoms with Gasteiger partial charge in [-0.2, -0.15) is 0 Å². The Kier molecular flexibility index (Phi) is 6.54. The van der Waals surface area contributed by atoms with Crippen LogP contribution in [0.4, 0.5) is 5.13 Å². The van der Waals surface area contributed by atoms with Crippen molar-refractivity contribution in [2.75, 3.05) is 11.4 Å². The Hall–Kier alpha value is -2.45. The van der Waals surface area contributed by atoms with Gasteiger partial charge >= 0.3 is 5.97 Å². The van der Waals surface area contributed by atoms with Crippen molar-refractivity contribution in [1.82, 2.24) is 9.88 Å². The molecule has 1 atom stereocenters. The highest BCUT2D eigenvalue weighted by Crippen LogP contribution is 2.33. The van der Waals surface area contributed by atoms with Crippen LogP contribution in [0.25, 0.3) is 11.3 Å². The summed E-state index contributed by atoms with van der Waals surface area (Å²) in [6, 6.07) is 5.96. The summed E-state index contributed by atoms with van der Waals surface area (Å²) >= 11 is 7.55. The number of rotatable bonds is 5. The van der Waals surface area contributed by atoms with E-state index in [1.807, 2.05) is 23.6 Å². The minimum atomic E-state index is -1.13. The van der Waals surface area contributed by atoms with Crippen LogP contribution in [0.3, 0.4) is 0 Å². The molecular formula is C20H22ClN3O4S. The number of nitrogens with zero attached hydrogens (tertiary/aromatic N) is 3. The predicted molar refractivity (Wildman–Crippen MR) is 112 cm³/mol. The van der Waals surface area contributed by atoms with Gasteiger partial charge in [0.2, 0.25) is 5.91 Å². The number of carbonyl (C=O) groups excluding carboxylic acids is 2. The molecule has 3 rings (SSSR count). The number of aliphatic carboxylic acids is 1. The maximum Gasteiger partial charge on any atom is 0.305 e. The van der Waals surface area contributed by atoms with Crippen molar-refractivity contribution >= 4 is 45.9 Å². The van der Waals surface area contributed by atoms with Crippen molar-refractivity contribution in [2.24, 2.45) is 0 Å². The second-order valence-electron chi connectivity index (χ2n) is 7.10. The molecule has 1 N–H and O–H groups in total. The number of hydrogen-bond acceptors (Lipinski definition) is 5. The van der Waals surface area contributed by atoms with Crippen molar-refractivity contribution < 1.29 is 19.5 Å². The predicted octanol–water partition coefficient (Wildman–Crippen LogP) is 3.67. The number of carboxylic acids is 1. The Labute approximate surface area is 177 Å². The second-order valence-corrected chi connectivity index (χ2v) is 8.34. The summed E-state index contributed by atoms with van der Waals surface area (Å²) in [7, 11) is 0. The molecule has 0 radical (unpaired) electrons. The van der Waals surface area contributed by atoms with Gasteiger partial charge in [0.15, 0.2) is 5.13 Å². The molecule has 154 valence electrons. The molecule has 29 heavy (non-hydrogen) atoms. The van der Waals surface area contributed by atoms with E-state index in [4.69, 9.17) is 11.6 Å². The number of aromatic nitrogens is 1. The van der Waals surface area contributed by atoms with Crippen molar-refractivity contribution in [2.45, 2.75) is 45.2 Å². The van der Waals surface area contributed by atoms with Crippen molar-refractivity contribution in [1.29, 1.82) is 0 Å². The van der Waals surface area contributed by atoms with Gasteiger partial charge in [0.25, 0.3) is 5.91 Å². The summed E-state index contributed by atoms with van der Waals surface area (Å²) in [5, 5.41) is 12.2. The minimum Gasteiger partial charge on any atom is -0.481 e. The highest BCUT2D eigenvalue weighted by molar-refractivity contribution is 7.14. The normalized spacial score (nSPS) is 18.1. The van der Waals surface area contributed by atoms with Crippen LogP contribution in [0, 0.1) is 0 Å². The largest absolute Gasteiger partial charge is 0.481 e. The molecule has 1 aromatic carbocycles. The zero-order valence-corrected chi connectivity index (χ0v) is 17.7. The molecule has 0 bridgehead atoms. The molecule has 2 amide bonds. The lowest BCUT2D eigenvalue weighted by atomic mass is 10.0.